The molecule has 19 heavy (non-hydrogen) atoms. The van der Waals surface area contributed by atoms with Crippen molar-refractivity contribution in [3.8, 4) is 0 Å². The third-order valence-corrected chi connectivity index (χ3v) is 2.42. The van der Waals surface area contributed by atoms with E-state index >= 15 is 0 Å². The predicted molar refractivity (Wildman–Crippen MR) is 60.4 cm³/mol. The number of carboxylic acid groups (broad SMARTS) is 1. The Morgan fingerprint density at radius 3 is 2.42 bits per heavy atom. The SMILES string of the molecule is C[C@@H](NC(=O)Cc1ccccc1C(F)(F)F)C(=O)O. The number of rotatable bonds is 4. The van der Waals surface area contributed by atoms with Crippen LogP contribution in [0.1, 0.15) is 18.1 Å². The van der Waals surface area contributed by atoms with Crippen LogP contribution in [0.5, 0.6) is 0 Å². The maximum absolute atomic E-state index is 12.7. The molecule has 0 aliphatic heterocycles. The van der Waals surface area contributed by atoms with E-state index in [4.69, 9.17) is 5.11 Å². The van der Waals surface area contributed by atoms with Crippen molar-refractivity contribution in [2.75, 3.05) is 0 Å². The molecule has 104 valence electrons. The molecule has 0 saturated heterocycles. The Morgan fingerprint density at radius 1 is 1.32 bits per heavy atom. The molecule has 0 saturated carbocycles. The highest BCUT2D eigenvalue weighted by atomic mass is 19.4. The van der Waals surface area contributed by atoms with Gasteiger partial charge in [-0.05, 0) is 18.6 Å². The van der Waals surface area contributed by atoms with Gasteiger partial charge in [-0.3, -0.25) is 9.59 Å². The van der Waals surface area contributed by atoms with E-state index in [1.165, 1.54) is 25.1 Å². The number of nitrogens with one attached hydrogen (secondary N) is 1. The van der Waals surface area contributed by atoms with Gasteiger partial charge in [0.2, 0.25) is 5.91 Å². The molecule has 1 amide bonds. The fourth-order valence-electron chi connectivity index (χ4n) is 1.48. The lowest BCUT2D eigenvalue weighted by atomic mass is 10.0. The van der Waals surface area contributed by atoms with Gasteiger partial charge in [0.1, 0.15) is 6.04 Å². The Morgan fingerprint density at radius 2 is 1.89 bits per heavy atom. The van der Waals surface area contributed by atoms with E-state index in [1.54, 1.807) is 0 Å². The summed E-state index contributed by atoms with van der Waals surface area (Å²) in [6.07, 6.45) is -5.07. The molecule has 1 aromatic carbocycles. The molecule has 0 unspecified atom stereocenters. The zero-order valence-corrected chi connectivity index (χ0v) is 9.99. The number of benzene rings is 1. The number of alkyl halides is 3. The summed E-state index contributed by atoms with van der Waals surface area (Å²) in [6.45, 7) is 1.23. The van der Waals surface area contributed by atoms with E-state index in [0.29, 0.717) is 0 Å². The van der Waals surface area contributed by atoms with Gasteiger partial charge in [0.05, 0.1) is 12.0 Å². The summed E-state index contributed by atoms with van der Waals surface area (Å²) >= 11 is 0. The smallest absolute Gasteiger partial charge is 0.416 e. The highest BCUT2D eigenvalue weighted by Crippen LogP contribution is 2.31. The number of carbonyl (C=O) groups is 2. The number of amides is 1. The third-order valence-electron chi connectivity index (χ3n) is 2.42. The number of hydrogen-bond donors (Lipinski definition) is 2. The average molecular weight is 275 g/mol. The van der Waals surface area contributed by atoms with Crippen LogP contribution in [0.2, 0.25) is 0 Å². The predicted octanol–water partition coefficient (Wildman–Crippen LogP) is 1.84. The van der Waals surface area contributed by atoms with Crippen molar-refractivity contribution in [1.82, 2.24) is 5.32 Å². The molecule has 4 nitrogen and oxygen atoms in total. The van der Waals surface area contributed by atoms with Crippen molar-refractivity contribution in [2.24, 2.45) is 0 Å². The van der Waals surface area contributed by atoms with Crippen molar-refractivity contribution < 1.29 is 27.9 Å². The monoisotopic (exact) mass is 275 g/mol. The van der Waals surface area contributed by atoms with Crippen LogP contribution in [0.3, 0.4) is 0 Å². The first-order valence-electron chi connectivity index (χ1n) is 5.39. The first kappa shape index (κ1) is 15.0. The minimum absolute atomic E-state index is 0.190. The van der Waals surface area contributed by atoms with Gasteiger partial charge in [0, 0.05) is 0 Å². The van der Waals surface area contributed by atoms with Gasteiger partial charge >= 0.3 is 12.1 Å². The molecular weight excluding hydrogens is 263 g/mol. The van der Waals surface area contributed by atoms with Gasteiger partial charge in [0.25, 0.3) is 0 Å². The second-order valence-electron chi connectivity index (χ2n) is 3.96. The zero-order chi connectivity index (χ0) is 14.6. The van der Waals surface area contributed by atoms with Crippen molar-refractivity contribution >= 4 is 11.9 Å². The molecular formula is C12H12F3NO3. The minimum Gasteiger partial charge on any atom is -0.480 e. The van der Waals surface area contributed by atoms with E-state index in [0.717, 1.165) is 6.07 Å². The highest BCUT2D eigenvalue weighted by Gasteiger charge is 2.33. The largest absolute Gasteiger partial charge is 0.480 e. The van der Waals surface area contributed by atoms with Crippen LogP contribution in [0.15, 0.2) is 24.3 Å². The molecule has 7 heteroatoms. The molecule has 0 aromatic heterocycles. The lowest BCUT2D eigenvalue weighted by Gasteiger charge is -2.13. The number of halogens is 3. The molecule has 2 N–H and O–H groups in total. The van der Waals surface area contributed by atoms with Crippen LogP contribution < -0.4 is 5.32 Å². The van der Waals surface area contributed by atoms with E-state index < -0.39 is 36.1 Å². The Kier molecular flexibility index (Phi) is 4.52. The zero-order valence-electron chi connectivity index (χ0n) is 9.99. The molecule has 0 aliphatic rings. The molecule has 0 aliphatic carbocycles. The maximum atomic E-state index is 12.7. The Labute approximate surface area is 107 Å². The summed E-state index contributed by atoms with van der Waals surface area (Å²) in [5, 5.41) is 10.7. The summed E-state index contributed by atoms with van der Waals surface area (Å²) < 4.78 is 38.0. The van der Waals surface area contributed by atoms with Crippen LogP contribution in [-0.2, 0) is 22.2 Å². The van der Waals surface area contributed by atoms with Crippen molar-refractivity contribution in [2.45, 2.75) is 25.6 Å². The van der Waals surface area contributed by atoms with Gasteiger partial charge < -0.3 is 10.4 Å². The molecule has 1 atom stereocenters. The normalized spacial score (nSPS) is 12.8. The molecule has 0 spiro atoms. The van der Waals surface area contributed by atoms with Crippen LogP contribution in [0.4, 0.5) is 13.2 Å². The molecule has 0 bridgehead atoms. The van der Waals surface area contributed by atoms with Crippen molar-refractivity contribution in [1.29, 1.82) is 0 Å². The minimum atomic E-state index is -4.55. The Hall–Kier alpha value is -2.05. The van der Waals surface area contributed by atoms with Crippen LogP contribution in [0.25, 0.3) is 0 Å². The Bertz CT molecular complexity index is 485. The first-order valence-corrected chi connectivity index (χ1v) is 5.39. The average Bonchev–Trinajstić information content (AvgIpc) is 2.27. The summed E-state index contributed by atoms with van der Waals surface area (Å²) in [7, 11) is 0. The Balaban J connectivity index is 2.83. The summed E-state index contributed by atoms with van der Waals surface area (Å²) in [4.78, 5) is 22.0. The van der Waals surface area contributed by atoms with Crippen LogP contribution in [0, 0.1) is 0 Å². The van der Waals surface area contributed by atoms with Gasteiger partial charge in [-0.15, -0.1) is 0 Å². The second kappa shape index (κ2) is 5.73. The topological polar surface area (TPSA) is 66.4 Å². The summed E-state index contributed by atoms with van der Waals surface area (Å²) in [5.41, 5.74) is -1.08. The molecule has 1 aromatic rings. The summed E-state index contributed by atoms with van der Waals surface area (Å²) in [6, 6.07) is 3.53. The van der Waals surface area contributed by atoms with Crippen LogP contribution in [-0.4, -0.2) is 23.0 Å². The second-order valence-corrected chi connectivity index (χ2v) is 3.96. The van der Waals surface area contributed by atoms with Crippen molar-refractivity contribution in [3.05, 3.63) is 35.4 Å². The summed E-state index contributed by atoms with van der Waals surface area (Å²) in [5.74, 6) is -2.02. The van der Waals surface area contributed by atoms with E-state index in [2.05, 4.69) is 5.32 Å². The number of carbonyl (C=O) groups excluding carboxylic acids is 1. The van der Waals surface area contributed by atoms with E-state index in [1.807, 2.05) is 0 Å². The van der Waals surface area contributed by atoms with E-state index in [-0.39, 0.29) is 5.56 Å². The fraction of sp³-hybridized carbons (Fsp3) is 0.333. The van der Waals surface area contributed by atoms with Gasteiger partial charge in [-0.2, -0.15) is 13.2 Å². The molecule has 0 fully saturated rings. The highest BCUT2D eigenvalue weighted by molar-refractivity contribution is 5.84. The molecule has 0 heterocycles. The lowest BCUT2D eigenvalue weighted by molar-refractivity contribution is -0.141. The van der Waals surface area contributed by atoms with E-state index in [9.17, 15) is 22.8 Å². The maximum Gasteiger partial charge on any atom is 0.416 e. The standard InChI is InChI=1S/C12H12F3NO3/c1-7(11(18)19)16-10(17)6-8-4-2-3-5-9(8)12(13,14)15/h2-5,7H,6H2,1H3,(H,16,17)(H,18,19)/t7-/m1/s1. The fourth-order valence-corrected chi connectivity index (χ4v) is 1.48. The van der Waals surface area contributed by atoms with Gasteiger partial charge in [0.15, 0.2) is 0 Å². The van der Waals surface area contributed by atoms with Crippen molar-refractivity contribution in [3.63, 3.8) is 0 Å². The number of carboxylic acids is 1. The van der Waals surface area contributed by atoms with Gasteiger partial charge in [-0.1, -0.05) is 18.2 Å². The van der Waals surface area contributed by atoms with Crippen LogP contribution >= 0.6 is 0 Å². The third kappa shape index (κ3) is 4.27. The first-order chi connectivity index (χ1) is 8.71. The molecule has 0 radical (unpaired) electrons. The number of aliphatic carboxylic acids is 1. The lowest BCUT2D eigenvalue weighted by Crippen LogP contribution is -2.39. The molecule has 1 rings (SSSR count). The number of hydrogen-bond acceptors (Lipinski definition) is 2. The van der Waals surface area contributed by atoms with Gasteiger partial charge in [-0.25, -0.2) is 0 Å². The quantitative estimate of drug-likeness (QED) is 0.881.